The molecule has 0 spiro atoms. The summed E-state index contributed by atoms with van der Waals surface area (Å²) in [6, 6.07) is 15.3. The fourth-order valence-electron chi connectivity index (χ4n) is 3.40. The summed E-state index contributed by atoms with van der Waals surface area (Å²) in [7, 11) is 0. The molecule has 1 fully saturated rings. The monoisotopic (exact) mass is 305 g/mol. The highest BCUT2D eigenvalue weighted by molar-refractivity contribution is 5.80. The van der Waals surface area contributed by atoms with Crippen molar-refractivity contribution in [2.75, 3.05) is 18.0 Å². The Bertz CT molecular complexity index is 795. The van der Waals surface area contributed by atoms with Crippen molar-refractivity contribution in [2.24, 2.45) is 0 Å². The topological polar surface area (TPSA) is 31.9 Å². The van der Waals surface area contributed by atoms with E-state index < -0.39 is 0 Å². The summed E-state index contributed by atoms with van der Waals surface area (Å²) in [4.78, 5) is 10.7. The van der Waals surface area contributed by atoms with Gasteiger partial charge in [-0.25, -0.2) is 4.98 Å². The standard InChI is InChI=1S/C20H23N3/c1-2-15-6-11-18-19(14-15)22-20(21-18)16-7-9-17(10-8-16)23-12-4-3-5-13-23/h6-11,14H,2-5,12-13H2,1H3,(H,21,22). The molecule has 0 unspecified atom stereocenters. The number of aryl methyl sites for hydroxylation is 1. The molecule has 3 nitrogen and oxygen atoms in total. The average molecular weight is 305 g/mol. The number of aromatic nitrogens is 2. The summed E-state index contributed by atoms with van der Waals surface area (Å²) < 4.78 is 0. The molecule has 1 N–H and O–H groups in total. The number of piperidine rings is 1. The summed E-state index contributed by atoms with van der Waals surface area (Å²) in [5, 5.41) is 0. The Morgan fingerprint density at radius 1 is 1.00 bits per heavy atom. The minimum absolute atomic E-state index is 0.957. The highest BCUT2D eigenvalue weighted by Gasteiger charge is 2.11. The van der Waals surface area contributed by atoms with Gasteiger partial charge in [0.15, 0.2) is 0 Å². The highest BCUT2D eigenvalue weighted by atomic mass is 15.1. The lowest BCUT2D eigenvalue weighted by molar-refractivity contribution is 0.578. The van der Waals surface area contributed by atoms with Crippen LogP contribution >= 0.6 is 0 Å². The van der Waals surface area contributed by atoms with E-state index in [1.54, 1.807) is 0 Å². The summed E-state index contributed by atoms with van der Waals surface area (Å²) in [6.45, 7) is 4.55. The first-order valence-corrected chi connectivity index (χ1v) is 8.67. The molecule has 2 aromatic carbocycles. The van der Waals surface area contributed by atoms with Crippen LogP contribution in [-0.2, 0) is 6.42 Å². The molecule has 4 rings (SSSR count). The maximum absolute atomic E-state index is 4.73. The number of rotatable bonds is 3. The van der Waals surface area contributed by atoms with Crippen molar-refractivity contribution in [3.05, 3.63) is 48.0 Å². The molecule has 2 heterocycles. The van der Waals surface area contributed by atoms with Crippen LogP contribution in [0.2, 0.25) is 0 Å². The Labute approximate surface area is 137 Å². The van der Waals surface area contributed by atoms with Crippen LogP contribution in [-0.4, -0.2) is 23.1 Å². The Hall–Kier alpha value is -2.29. The second-order valence-electron chi connectivity index (χ2n) is 6.39. The molecule has 1 aromatic heterocycles. The van der Waals surface area contributed by atoms with E-state index in [1.807, 2.05) is 0 Å². The zero-order valence-electron chi connectivity index (χ0n) is 13.7. The van der Waals surface area contributed by atoms with E-state index in [1.165, 1.54) is 43.6 Å². The van der Waals surface area contributed by atoms with Gasteiger partial charge in [0, 0.05) is 24.3 Å². The van der Waals surface area contributed by atoms with Crippen LogP contribution in [0.25, 0.3) is 22.4 Å². The minimum atomic E-state index is 0.957. The van der Waals surface area contributed by atoms with Gasteiger partial charge in [0.05, 0.1) is 11.0 Å². The van der Waals surface area contributed by atoms with Crippen LogP contribution in [0.4, 0.5) is 5.69 Å². The number of hydrogen-bond acceptors (Lipinski definition) is 2. The molecule has 3 heteroatoms. The maximum atomic E-state index is 4.73. The Balaban J connectivity index is 1.62. The Morgan fingerprint density at radius 2 is 1.78 bits per heavy atom. The summed E-state index contributed by atoms with van der Waals surface area (Å²) in [5.74, 6) is 0.957. The molecule has 0 atom stereocenters. The Morgan fingerprint density at radius 3 is 2.52 bits per heavy atom. The third kappa shape index (κ3) is 2.83. The minimum Gasteiger partial charge on any atom is -0.372 e. The second kappa shape index (κ2) is 6.07. The van der Waals surface area contributed by atoms with E-state index >= 15 is 0 Å². The molecule has 1 aliphatic heterocycles. The van der Waals surface area contributed by atoms with Crippen LogP contribution in [0, 0.1) is 0 Å². The number of hydrogen-bond donors (Lipinski definition) is 1. The first kappa shape index (κ1) is 14.3. The smallest absolute Gasteiger partial charge is 0.138 e. The highest BCUT2D eigenvalue weighted by Crippen LogP contribution is 2.25. The zero-order chi connectivity index (χ0) is 15.6. The predicted octanol–water partition coefficient (Wildman–Crippen LogP) is 4.78. The first-order chi connectivity index (χ1) is 11.3. The van der Waals surface area contributed by atoms with E-state index in [0.29, 0.717) is 0 Å². The van der Waals surface area contributed by atoms with Crippen molar-refractivity contribution >= 4 is 16.7 Å². The number of fused-ring (bicyclic) bond motifs is 1. The van der Waals surface area contributed by atoms with E-state index in [2.05, 4.69) is 59.3 Å². The fraction of sp³-hybridized carbons (Fsp3) is 0.350. The molecule has 0 bridgehead atoms. The molecular weight excluding hydrogens is 282 g/mol. The fourth-order valence-corrected chi connectivity index (χ4v) is 3.40. The van der Waals surface area contributed by atoms with Crippen LogP contribution in [0.3, 0.4) is 0 Å². The van der Waals surface area contributed by atoms with Gasteiger partial charge in [-0.1, -0.05) is 13.0 Å². The number of imidazole rings is 1. The molecule has 1 saturated heterocycles. The van der Waals surface area contributed by atoms with Crippen LogP contribution in [0.1, 0.15) is 31.7 Å². The van der Waals surface area contributed by atoms with Gasteiger partial charge in [-0.05, 0) is 67.6 Å². The average Bonchev–Trinajstić information content (AvgIpc) is 3.05. The third-order valence-electron chi connectivity index (χ3n) is 4.82. The van der Waals surface area contributed by atoms with Crippen molar-refractivity contribution in [3.63, 3.8) is 0 Å². The molecule has 3 aromatic rings. The van der Waals surface area contributed by atoms with Gasteiger partial charge >= 0.3 is 0 Å². The van der Waals surface area contributed by atoms with Crippen molar-refractivity contribution in [2.45, 2.75) is 32.6 Å². The molecule has 0 saturated carbocycles. The zero-order valence-corrected chi connectivity index (χ0v) is 13.7. The van der Waals surface area contributed by atoms with Gasteiger partial charge in [-0.2, -0.15) is 0 Å². The van der Waals surface area contributed by atoms with Gasteiger partial charge in [0.1, 0.15) is 5.82 Å². The lowest BCUT2D eigenvalue weighted by Crippen LogP contribution is -2.29. The second-order valence-corrected chi connectivity index (χ2v) is 6.39. The molecule has 0 radical (unpaired) electrons. The van der Waals surface area contributed by atoms with Crippen LogP contribution in [0.15, 0.2) is 42.5 Å². The van der Waals surface area contributed by atoms with E-state index in [0.717, 1.165) is 28.8 Å². The molecular formula is C20H23N3. The van der Waals surface area contributed by atoms with Gasteiger partial charge in [-0.15, -0.1) is 0 Å². The molecule has 1 aliphatic rings. The third-order valence-corrected chi connectivity index (χ3v) is 4.82. The SMILES string of the molecule is CCc1ccc2nc(-c3ccc(N4CCCCC4)cc3)[nH]c2c1. The number of aromatic amines is 1. The lowest BCUT2D eigenvalue weighted by Gasteiger charge is -2.28. The van der Waals surface area contributed by atoms with Crippen molar-refractivity contribution in [1.82, 2.24) is 9.97 Å². The van der Waals surface area contributed by atoms with Gasteiger partial charge in [-0.3, -0.25) is 0 Å². The van der Waals surface area contributed by atoms with Gasteiger partial charge in [0.2, 0.25) is 0 Å². The molecule has 118 valence electrons. The number of nitrogens with zero attached hydrogens (tertiary/aromatic N) is 2. The molecule has 23 heavy (non-hydrogen) atoms. The van der Waals surface area contributed by atoms with Crippen molar-refractivity contribution < 1.29 is 0 Å². The lowest BCUT2D eigenvalue weighted by atomic mass is 10.1. The van der Waals surface area contributed by atoms with E-state index in [9.17, 15) is 0 Å². The summed E-state index contributed by atoms with van der Waals surface area (Å²) in [5.41, 5.74) is 5.99. The van der Waals surface area contributed by atoms with Gasteiger partial charge < -0.3 is 9.88 Å². The Kier molecular flexibility index (Phi) is 3.78. The molecule has 0 amide bonds. The predicted molar refractivity (Wildman–Crippen MR) is 97.0 cm³/mol. The number of anilines is 1. The van der Waals surface area contributed by atoms with Gasteiger partial charge in [0.25, 0.3) is 0 Å². The number of benzene rings is 2. The van der Waals surface area contributed by atoms with Crippen molar-refractivity contribution in [3.8, 4) is 11.4 Å². The largest absolute Gasteiger partial charge is 0.372 e. The quantitative estimate of drug-likeness (QED) is 0.755. The van der Waals surface area contributed by atoms with Crippen molar-refractivity contribution in [1.29, 1.82) is 0 Å². The first-order valence-electron chi connectivity index (χ1n) is 8.67. The maximum Gasteiger partial charge on any atom is 0.138 e. The van der Waals surface area contributed by atoms with Crippen LogP contribution in [0.5, 0.6) is 0 Å². The van der Waals surface area contributed by atoms with Crippen LogP contribution < -0.4 is 4.90 Å². The number of H-pyrrole nitrogens is 1. The normalized spacial score (nSPS) is 15.3. The summed E-state index contributed by atoms with van der Waals surface area (Å²) in [6.07, 6.45) is 5.04. The summed E-state index contributed by atoms with van der Waals surface area (Å²) >= 11 is 0. The van der Waals surface area contributed by atoms with E-state index in [4.69, 9.17) is 4.98 Å². The number of nitrogens with one attached hydrogen (secondary N) is 1. The van der Waals surface area contributed by atoms with E-state index in [-0.39, 0.29) is 0 Å². The molecule has 0 aliphatic carbocycles.